The summed E-state index contributed by atoms with van der Waals surface area (Å²) in [5.74, 6) is -0.417. The second-order valence-electron chi connectivity index (χ2n) is 5.94. The van der Waals surface area contributed by atoms with E-state index in [1.54, 1.807) is 31.4 Å². The number of carbonyl (C=O) groups is 2. The number of hydrogen-bond donors (Lipinski definition) is 2. The van der Waals surface area contributed by atoms with E-state index in [1.165, 1.54) is 5.56 Å². The molecule has 0 aliphatic rings. The predicted molar refractivity (Wildman–Crippen MR) is 107 cm³/mol. The summed E-state index contributed by atoms with van der Waals surface area (Å²) in [7, 11) is 0.00896. The topological polar surface area (TPSA) is 84.5 Å². The van der Waals surface area contributed by atoms with Crippen LogP contribution in [0.3, 0.4) is 0 Å². The molecular formula is C20H24N2O4S. The van der Waals surface area contributed by atoms with Crippen molar-refractivity contribution in [3.8, 4) is 5.75 Å². The number of aryl methyl sites for hydroxylation is 1. The quantitative estimate of drug-likeness (QED) is 0.611. The molecule has 6 nitrogen and oxygen atoms in total. The zero-order valence-electron chi connectivity index (χ0n) is 15.3. The Kier molecular flexibility index (Phi) is 8.51. The molecule has 0 saturated carbocycles. The van der Waals surface area contributed by atoms with E-state index in [0.29, 0.717) is 18.0 Å². The number of amides is 2. The molecule has 1 atom stereocenters. The number of nitrogens with one attached hydrogen (secondary N) is 2. The fourth-order valence-corrected chi connectivity index (χ4v) is 3.29. The van der Waals surface area contributed by atoms with Crippen molar-refractivity contribution in [2.24, 2.45) is 0 Å². The Balaban J connectivity index is 1.63. The summed E-state index contributed by atoms with van der Waals surface area (Å²) >= 11 is 0. The molecule has 0 bridgehead atoms. The second-order valence-corrected chi connectivity index (χ2v) is 7.40. The van der Waals surface area contributed by atoms with Gasteiger partial charge < -0.3 is 15.4 Å². The molecule has 144 valence electrons. The molecule has 0 spiro atoms. The largest absolute Gasteiger partial charge is 0.497 e. The first kappa shape index (κ1) is 20.6. The molecule has 0 heterocycles. The van der Waals surface area contributed by atoms with Gasteiger partial charge in [-0.2, -0.15) is 0 Å². The van der Waals surface area contributed by atoms with Crippen LogP contribution < -0.4 is 15.4 Å². The molecule has 0 aromatic heterocycles. The minimum absolute atomic E-state index is 0.179. The lowest BCUT2D eigenvalue weighted by Crippen LogP contribution is -2.32. The first-order valence-electron chi connectivity index (χ1n) is 8.66. The summed E-state index contributed by atoms with van der Waals surface area (Å²) in [5, 5.41) is 5.39. The van der Waals surface area contributed by atoms with Gasteiger partial charge >= 0.3 is 0 Å². The summed E-state index contributed by atoms with van der Waals surface area (Å²) < 4.78 is 17.0. The average molecular weight is 388 g/mol. The van der Waals surface area contributed by atoms with Crippen LogP contribution in [0.25, 0.3) is 0 Å². The van der Waals surface area contributed by atoms with Crippen LogP contribution in [0.2, 0.25) is 0 Å². The van der Waals surface area contributed by atoms with Crippen LogP contribution in [0.5, 0.6) is 5.75 Å². The molecule has 2 aromatic rings. The number of methoxy groups -OCH3 is 1. The summed E-state index contributed by atoms with van der Waals surface area (Å²) in [6.07, 6.45) is 1.68. The van der Waals surface area contributed by atoms with Crippen LogP contribution in [-0.2, 0) is 26.8 Å². The van der Waals surface area contributed by atoms with Crippen LogP contribution in [0, 0.1) is 0 Å². The third kappa shape index (κ3) is 8.04. The maximum Gasteiger partial charge on any atom is 0.237 e. The third-order valence-corrected chi connectivity index (χ3v) is 4.93. The highest BCUT2D eigenvalue weighted by atomic mass is 32.2. The van der Waals surface area contributed by atoms with Gasteiger partial charge in [-0.1, -0.05) is 30.3 Å². The Hall–Kier alpha value is -2.67. The summed E-state index contributed by atoms with van der Waals surface area (Å²) in [5.41, 5.74) is 1.80. The standard InChI is InChI=1S/C20H24N2O4S/c1-26-18-11-9-17(10-12-18)22-20(24)15-27(25)14-19(23)21-13-5-8-16-6-3-2-4-7-16/h2-4,6-7,9-12H,5,8,13-15H2,1H3,(H,21,23)(H,22,24)/t27-/m0/s1. The van der Waals surface area contributed by atoms with Gasteiger partial charge in [0.05, 0.1) is 7.11 Å². The van der Waals surface area contributed by atoms with Crippen molar-refractivity contribution in [1.29, 1.82) is 0 Å². The van der Waals surface area contributed by atoms with Crippen molar-refractivity contribution < 1.29 is 18.5 Å². The molecule has 2 N–H and O–H groups in total. The van der Waals surface area contributed by atoms with Crippen LogP contribution >= 0.6 is 0 Å². The minimum Gasteiger partial charge on any atom is -0.497 e. The zero-order chi connectivity index (χ0) is 19.5. The molecule has 0 unspecified atom stereocenters. The lowest BCUT2D eigenvalue weighted by Gasteiger charge is -2.07. The molecule has 2 aromatic carbocycles. The van der Waals surface area contributed by atoms with Crippen molar-refractivity contribution in [2.75, 3.05) is 30.5 Å². The Morgan fingerprint density at radius 3 is 2.30 bits per heavy atom. The highest BCUT2D eigenvalue weighted by Gasteiger charge is 2.12. The van der Waals surface area contributed by atoms with Crippen molar-refractivity contribution >= 4 is 28.3 Å². The molecule has 0 saturated heterocycles. The van der Waals surface area contributed by atoms with Crippen molar-refractivity contribution in [2.45, 2.75) is 12.8 Å². The molecular weight excluding hydrogens is 364 g/mol. The Labute approximate surface area is 161 Å². The number of anilines is 1. The second kappa shape index (κ2) is 11.1. The number of ether oxygens (including phenoxy) is 1. The SMILES string of the molecule is COc1ccc(NC(=O)C[S@@](=O)CC(=O)NCCCc2ccccc2)cc1. The fourth-order valence-electron chi connectivity index (χ4n) is 2.43. The van der Waals surface area contributed by atoms with E-state index in [2.05, 4.69) is 10.6 Å². The molecule has 2 amide bonds. The third-order valence-electron chi connectivity index (χ3n) is 3.77. The first-order chi connectivity index (χ1) is 13.1. The van der Waals surface area contributed by atoms with Crippen LogP contribution in [0.15, 0.2) is 54.6 Å². The van der Waals surface area contributed by atoms with Gasteiger partial charge in [0.2, 0.25) is 11.8 Å². The first-order valence-corrected chi connectivity index (χ1v) is 10.1. The van der Waals surface area contributed by atoms with Gasteiger partial charge in [-0.05, 0) is 42.7 Å². The maximum absolute atomic E-state index is 12.0. The Morgan fingerprint density at radius 1 is 0.963 bits per heavy atom. The lowest BCUT2D eigenvalue weighted by atomic mass is 10.1. The van der Waals surface area contributed by atoms with E-state index in [1.807, 2.05) is 30.3 Å². The smallest absolute Gasteiger partial charge is 0.237 e. The monoisotopic (exact) mass is 388 g/mol. The fraction of sp³-hybridized carbons (Fsp3) is 0.300. The van der Waals surface area contributed by atoms with Crippen molar-refractivity contribution in [3.05, 3.63) is 60.2 Å². The van der Waals surface area contributed by atoms with Gasteiger partial charge in [0.15, 0.2) is 0 Å². The van der Waals surface area contributed by atoms with Crippen LogP contribution in [0.1, 0.15) is 12.0 Å². The van der Waals surface area contributed by atoms with Gasteiger partial charge in [0.25, 0.3) is 0 Å². The molecule has 27 heavy (non-hydrogen) atoms. The summed E-state index contributed by atoms with van der Waals surface area (Å²) in [4.78, 5) is 23.7. The van der Waals surface area contributed by atoms with Crippen LogP contribution in [-0.4, -0.2) is 41.2 Å². The van der Waals surface area contributed by atoms with E-state index in [0.717, 1.165) is 12.8 Å². The van der Waals surface area contributed by atoms with Crippen molar-refractivity contribution in [1.82, 2.24) is 5.32 Å². The van der Waals surface area contributed by atoms with E-state index in [-0.39, 0.29) is 17.4 Å². The average Bonchev–Trinajstić information content (AvgIpc) is 2.66. The van der Waals surface area contributed by atoms with Crippen LogP contribution in [0.4, 0.5) is 5.69 Å². The summed E-state index contributed by atoms with van der Waals surface area (Å²) in [6.45, 7) is 0.517. The zero-order valence-corrected chi connectivity index (χ0v) is 16.1. The Bertz CT molecular complexity index is 763. The Morgan fingerprint density at radius 2 is 1.63 bits per heavy atom. The molecule has 7 heteroatoms. The number of hydrogen-bond acceptors (Lipinski definition) is 4. The van der Waals surface area contributed by atoms with Gasteiger partial charge in [-0.3, -0.25) is 13.8 Å². The van der Waals surface area contributed by atoms with Gasteiger partial charge in [-0.15, -0.1) is 0 Å². The molecule has 0 radical (unpaired) electrons. The molecule has 0 fully saturated rings. The highest BCUT2D eigenvalue weighted by molar-refractivity contribution is 7.86. The van der Waals surface area contributed by atoms with E-state index in [4.69, 9.17) is 4.74 Å². The van der Waals surface area contributed by atoms with E-state index >= 15 is 0 Å². The normalized spacial score (nSPS) is 11.4. The van der Waals surface area contributed by atoms with Gasteiger partial charge in [0.1, 0.15) is 17.3 Å². The predicted octanol–water partition coefficient (Wildman–Crippen LogP) is 2.13. The highest BCUT2D eigenvalue weighted by Crippen LogP contribution is 2.14. The molecule has 0 aliphatic heterocycles. The number of benzene rings is 2. The molecule has 2 rings (SSSR count). The van der Waals surface area contributed by atoms with Gasteiger partial charge in [0, 0.05) is 23.0 Å². The van der Waals surface area contributed by atoms with Crippen molar-refractivity contribution in [3.63, 3.8) is 0 Å². The lowest BCUT2D eigenvalue weighted by molar-refractivity contribution is -0.118. The number of rotatable bonds is 10. The number of carbonyl (C=O) groups excluding carboxylic acids is 2. The van der Waals surface area contributed by atoms with E-state index in [9.17, 15) is 13.8 Å². The van der Waals surface area contributed by atoms with Gasteiger partial charge in [-0.25, -0.2) is 0 Å². The summed E-state index contributed by atoms with van der Waals surface area (Å²) in [6, 6.07) is 16.8. The maximum atomic E-state index is 12.0. The minimum atomic E-state index is -1.55. The molecule has 0 aliphatic carbocycles. The van der Waals surface area contributed by atoms with E-state index < -0.39 is 16.7 Å².